The number of imidazole rings is 1. The molecule has 8 aromatic rings. The van der Waals surface area contributed by atoms with Crippen molar-refractivity contribution in [2.45, 2.75) is 39.5 Å². The molecule has 46 heavy (non-hydrogen) atoms. The van der Waals surface area contributed by atoms with Crippen LogP contribution in [0.15, 0.2) is 108 Å². The van der Waals surface area contributed by atoms with Gasteiger partial charge in [0.15, 0.2) is 0 Å². The molecule has 0 N–H and O–H groups in total. The fraction of sp³-hybridized carbons (Fsp3) is 0.150. The first-order chi connectivity index (χ1) is 22.0. The maximum Gasteiger partial charge on any atom is 2.00 e. The van der Waals surface area contributed by atoms with Crippen LogP contribution in [0.25, 0.3) is 60.7 Å². The van der Waals surface area contributed by atoms with Gasteiger partial charge in [-0.3, -0.25) is 4.98 Å². The number of hydrogen-bond donors (Lipinski definition) is 0. The summed E-state index contributed by atoms with van der Waals surface area (Å²) < 4.78 is 14.8. The Morgan fingerprint density at radius 1 is 0.717 bits per heavy atom. The zero-order valence-corrected chi connectivity index (χ0v) is 28.2. The van der Waals surface area contributed by atoms with E-state index >= 15 is 0 Å². The van der Waals surface area contributed by atoms with Gasteiger partial charge < -0.3 is 18.7 Å². The number of hydrogen-bond acceptors (Lipinski definition) is 4. The predicted molar refractivity (Wildman–Crippen MR) is 181 cm³/mol. The first kappa shape index (κ1) is 30.0. The van der Waals surface area contributed by atoms with Crippen LogP contribution in [-0.4, -0.2) is 14.5 Å². The second-order valence-corrected chi connectivity index (χ2v) is 12.1. The minimum atomic E-state index is 0. The van der Waals surface area contributed by atoms with Crippen LogP contribution in [-0.2, 0) is 21.1 Å². The van der Waals surface area contributed by atoms with Crippen molar-refractivity contribution < 1.29 is 30.2 Å². The third-order valence-corrected chi connectivity index (χ3v) is 8.53. The van der Waals surface area contributed by atoms with E-state index in [4.69, 9.17) is 19.1 Å². The number of para-hydroxylation sites is 2. The van der Waals surface area contributed by atoms with Crippen LogP contribution in [0.3, 0.4) is 0 Å². The van der Waals surface area contributed by atoms with Crippen molar-refractivity contribution >= 4 is 43.6 Å². The monoisotopic (exact) mass is 780 g/mol. The smallest absolute Gasteiger partial charge is 0.497 e. The average Bonchev–Trinajstić information content (AvgIpc) is 3.70. The van der Waals surface area contributed by atoms with E-state index in [1.165, 1.54) is 16.8 Å². The minimum absolute atomic E-state index is 0. The van der Waals surface area contributed by atoms with E-state index < -0.39 is 0 Å². The molecule has 0 fully saturated rings. The van der Waals surface area contributed by atoms with Crippen molar-refractivity contribution in [3.8, 4) is 28.6 Å². The van der Waals surface area contributed by atoms with Gasteiger partial charge in [-0.15, -0.1) is 46.7 Å². The van der Waals surface area contributed by atoms with Gasteiger partial charge in [-0.25, -0.2) is 0 Å². The predicted octanol–water partition coefficient (Wildman–Crippen LogP) is 10.8. The van der Waals surface area contributed by atoms with Crippen molar-refractivity contribution in [1.29, 1.82) is 0 Å². The zero-order valence-electron chi connectivity index (χ0n) is 25.9. The molecule has 0 radical (unpaired) electrons. The molecule has 0 aliphatic rings. The molecule has 0 atom stereocenters. The van der Waals surface area contributed by atoms with Gasteiger partial charge in [-0.2, -0.15) is 0 Å². The van der Waals surface area contributed by atoms with Crippen molar-refractivity contribution in [3.63, 3.8) is 0 Å². The molecule has 0 aliphatic heterocycles. The van der Waals surface area contributed by atoms with Crippen LogP contribution in [0, 0.1) is 12.1 Å². The maximum absolute atomic E-state index is 6.38. The van der Waals surface area contributed by atoms with Crippen molar-refractivity contribution in [3.05, 3.63) is 127 Å². The van der Waals surface area contributed by atoms with Crippen LogP contribution < -0.4 is 4.74 Å². The minimum Gasteiger partial charge on any atom is -0.497 e. The summed E-state index contributed by atoms with van der Waals surface area (Å²) >= 11 is 0. The Morgan fingerprint density at radius 3 is 2.26 bits per heavy atom. The van der Waals surface area contributed by atoms with E-state index in [-0.39, 0.29) is 21.1 Å². The summed E-state index contributed by atoms with van der Waals surface area (Å²) in [6.45, 7) is 8.94. The van der Waals surface area contributed by atoms with Crippen molar-refractivity contribution in [2.24, 2.45) is 0 Å². The third-order valence-electron chi connectivity index (χ3n) is 8.53. The van der Waals surface area contributed by atoms with Gasteiger partial charge >= 0.3 is 21.1 Å². The third kappa shape index (κ3) is 5.00. The molecule has 0 aliphatic carbocycles. The van der Waals surface area contributed by atoms with Crippen LogP contribution in [0.2, 0.25) is 0 Å². The van der Waals surface area contributed by atoms with Crippen molar-refractivity contribution in [2.75, 3.05) is 0 Å². The zero-order chi connectivity index (χ0) is 30.7. The van der Waals surface area contributed by atoms with E-state index in [9.17, 15) is 0 Å². The van der Waals surface area contributed by atoms with Gasteiger partial charge in [-0.1, -0.05) is 88.4 Å². The molecular formula is C40H31N3O2Pt. The molecule has 5 nitrogen and oxygen atoms in total. The largest absolute Gasteiger partial charge is 2.00 e. The average molecular weight is 781 g/mol. The van der Waals surface area contributed by atoms with E-state index in [0.717, 1.165) is 55.0 Å². The number of nitrogens with zero attached hydrogens (tertiary/aromatic N) is 3. The standard InChI is InChI=1S/C40H31N3O2.Pt/c1-24(2)30-12-8-13-31(25(3)4)38(30)43-20-19-41-40(43)27-9-7-10-28(21-27)44-29-17-15-26-16-18-33-37(34(26)22-29)42-23-35-32-11-5-6-14-36(32)45-39(33)35;/h5-20,23-25H,1-4H3;/q-2;+2. The van der Waals surface area contributed by atoms with E-state index in [1.54, 1.807) is 0 Å². The molecule has 3 aromatic heterocycles. The number of benzene rings is 5. The van der Waals surface area contributed by atoms with Crippen LogP contribution in [0.4, 0.5) is 0 Å². The number of pyridine rings is 1. The molecule has 0 amide bonds. The quantitative estimate of drug-likeness (QED) is 0.125. The number of aromatic nitrogens is 3. The number of furan rings is 1. The van der Waals surface area contributed by atoms with Gasteiger partial charge in [-0.05, 0) is 34.5 Å². The Hall–Kier alpha value is -4.73. The molecule has 228 valence electrons. The summed E-state index contributed by atoms with van der Waals surface area (Å²) in [6.07, 6.45) is 5.79. The molecule has 0 saturated carbocycles. The molecule has 6 heteroatoms. The molecule has 8 rings (SSSR count). The topological polar surface area (TPSA) is 53.1 Å². The Labute approximate surface area is 282 Å². The number of rotatable bonds is 6. The fourth-order valence-electron chi connectivity index (χ4n) is 6.34. The van der Waals surface area contributed by atoms with Gasteiger partial charge in [0.2, 0.25) is 0 Å². The number of fused-ring (bicyclic) bond motifs is 7. The fourth-order valence-corrected chi connectivity index (χ4v) is 6.34. The number of ether oxygens (including phenoxy) is 1. The Kier molecular flexibility index (Phi) is 7.74. The van der Waals surface area contributed by atoms with Gasteiger partial charge in [0.1, 0.15) is 11.2 Å². The van der Waals surface area contributed by atoms with Crippen LogP contribution in [0.5, 0.6) is 11.5 Å². The van der Waals surface area contributed by atoms with Crippen molar-refractivity contribution in [1.82, 2.24) is 14.5 Å². The molecule has 5 aromatic carbocycles. The van der Waals surface area contributed by atoms with Gasteiger partial charge in [0, 0.05) is 51.9 Å². The molecule has 0 spiro atoms. The summed E-state index contributed by atoms with van der Waals surface area (Å²) in [5.74, 6) is 2.73. The summed E-state index contributed by atoms with van der Waals surface area (Å²) in [6, 6.07) is 35.6. The van der Waals surface area contributed by atoms with E-state index in [0.29, 0.717) is 23.3 Å². The van der Waals surface area contributed by atoms with Gasteiger partial charge in [0.25, 0.3) is 0 Å². The Balaban J connectivity index is 0.00000338. The first-order valence-electron chi connectivity index (χ1n) is 15.4. The summed E-state index contributed by atoms with van der Waals surface area (Å²) in [4.78, 5) is 9.65. The summed E-state index contributed by atoms with van der Waals surface area (Å²) in [5.41, 5.74) is 7.14. The molecule has 0 bridgehead atoms. The maximum atomic E-state index is 6.38. The Morgan fingerprint density at radius 2 is 1.46 bits per heavy atom. The SMILES string of the molecule is CC(C)c1cccc(C(C)C)c1-n1ccnc1-c1[c-]c(Oc2[c-]c3c(cc2)ccc2c3ncc3c4ccccc4oc32)ccc1.[Pt+2]. The summed E-state index contributed by atoms with van der Waals surface area (Å²) in [7, 11) is 0. The Bertz CT molecular complexity index is 2360. The summed E-state index contributed by atoms with van der Waals surface area (Å²) in [5, 5.41) is 4.93. The second kappa shape index (κ2) is 11.9. The van der Waals surface area contributed by atoms with Crippen LogP contribution >= 0.6 is 0 Å². The second-order valence-electron chi connectivity index (χ2n) is 12.1. The van der Waals surface area contributed by atoms with E-state index in [1.807, 2.05) is 67.1 Å². The molecule has 3 heterocycles. The van der Waals surface area contributed by atoms with E-state index in [2.05, 4.69) is 80.8 Å². The molecule has 0 unspecified atom stereocenters. The van der Waals surface area contributed by atoms with Crippen LogP contribution in [0.1, 0.15) is 50.7 Å². The normalized spacial score (nSPS) is 11.7. The van der Waals surface area contributed by atoms with Gasteiger partial charge in [0.05, 0.1) is 5.82 Å². The molecular weight excluding hydrogens is 750 g/mol. The molecule has 0 saturated heterocycles. The first-order valence-corrected chi connectivity index (χ1v) is 15.4.